The summed E-state index contributed by atoms with van der Waals surface area (Å²) in [5, 5.41) is 0. The zero-order chi connectivity index (χ0) is 12.5. The van der Waals surface area contributed by atoms with Gasteiger partial charge in [0.15, 0.2) is 0 Å². The second kappa shape index (κ2) is 4.50. The highest BCUT2D eigenvalue weighted by Crippen LogP contribution is 2.39. The van der Waals surface area contributed by atoms with E-state index < -0.39 is 0 Å². The van der Waals surface area contributed by atoms with E-state index >= 15 is 0 Å². The molecule has 0 aliphatic heterocycles. The van der Waals surface area contributed by atoms with Gasteiger partial charge in [-0.05, 0) is 48.6 Å². The number of hydrogen-bond acceptors (Lipinski definition) is 3. The van der Waals surface area contributed by atoms with Crippen LogP contribution in [0.25, 0.3) is 0 Å². The second-order valence-corrected chi connectivity index (χ2v) is 4.95. The van der Waals surface area contributed by atoms with Crippen molar-refractivity contribution in [1.82, 2.24) is 9.97 Å². The van der Waals surface area contributed by atoms with Crippen LogP contribution in [0.4, 0.5) is 0 Å². The molecule has 18 heavy (non-hydrogen) atoms. The molecule has 3 nitrogen and oxygen atoms in total. The van der Waals surface area contributed by atoms with Crippen LogP contribution in [0, 0.1) is 6.92 Å². The lowest BCUT2D eigenvalue weighted by atomic mass is 9.90. The van der Waals surface area contributed by atoms with E-state index in [9.17, 15) is 0 Å². The monoisotopic (exact) mass is 239 g/mol. The summed E-state index contributed by atoms with van der Waals surface area (Å²) >= 11 is 0. The van der Waals surface area contributed by atoms with Crippen LogP contribution in [0.15, 0.2) is 36.8 Å². The van der Waals surface area contributed by atoms with Crippen molar-refractivity contribution < 1.29 is 0 Å². The van der Waals surface area contributed by atoms with E-state index in [0.717, 1.165) is 18.4 Å². The molecule has 92 valence electrons. The normalized spacial score (nSPS) is 19.6. The number of pyridine rings is 2. The molecule has 1 aliphatic carbocycles. The first-order chi connectivity index (χ1) is 8.77. The summed E-state index contributed by atoms with van der Waals surface area (Å²) in [6.07, 6.45) is 7.73. The van der Waals surface area contributed by atoms with E-state index in [1.54, 1.807) is 0 Å². The molecule has 0 saturated heterocycles. The molecule has 0 amide bonds. The van der Waals surface area contributed by atoms with Crippen LogP contribution in [-0.2, 0) is 6.42 Å². The van der Waals surface area contributed by atoms with Crippen molar-refractivity contribution in [2.45, 2.75) is 31.7 Å². The minimum Gasteiger partial charge on any atom is -0.323 e. The first kappa shape index (κ1) is 11.4. The SMILES string of the molecule is Cc1ccncc1C(N)C1CCc2cccnc21. The fraction of sp³-hybridized carbons (Fsp3) is 0.333. The fourth-order valence-corrected chi connectivity index (χ4v) is 2.84. The summed E-state index contributed by atoms with van der Waals surface area (Å²) in [6.45, 7) is 2.09. The van der Waals surface area contributed by atoms with E-state index in [1.165, 1.54) is 16.8 Å². The predicted molar refractivity (Wildman–Crippen MR) is 71.2 cm³/mol. The van der Waals surface area contributed by atoms with Gasteiger partial charge < -0.3 is 5.73 Å². The van der Waals surface area contributed by atoms with Gasteiger partial charge in [-0.15, -0.1) is 0 Å². The molecule has 2 heterocycles. The van der Waals surface area contributed by atoms with Crippen molar-refractivity contribution in [2.75, 3.05) is 0 Å². The summed E-state index contributed by atoms with van der Waals surface area (Å²) in [7, 11) is 0. The first-order valence-electron chi connectivity index (χ1n) is 6.37. The zero-order valence-corrected chi connectivity index (χ0v) is 10.5. The predicted octanol–water partition coefficient (Wildman–Crippen LogP) is 2.51. The maximum absolute atomic E-state index is 6.44. The standard InChI is InChI=1S/C15H17N3/c1-10-6-8-17-9-13(10)14(16)12-5-4-11-3-2-7-18-15(11)12/h2-3,6-9,12,14H,4-5,16H2,1H3. The van der Waals surface area contributed by atoms with Crippen molar-refractivity contribution in [1.29, 1.82) is 0 Å². The summed E-state index contributed by atoms with van der Waals surface area (Å²) < 4.78 is 0. The van der Waals surface area contributed by atoms with Crippen molar-refractivity contribution in [3.8, 4) is 0 Å². The Morgan fingerprint density at radius 3 is 3.06 bits per heavy atom. The molecule has 0 radical (unpaired) electrons. The van der Waals surface area contributed by atoms with E-state index in [4.69, 9.17) is 5.73 Å². The minimum absolute atomic E-state index is 0.00477. The number of nitrogens with two attached hydrogens (primary N) is 1. The Bertz CT molecular complexity index is 565. The molecule has 0 saturated carbocycles. The average molecular weight is 239 g/mol. The summed E-state index contributed by atoms with van der Waals surface area (Å²) in [4.78, 5) is 8.71. The van der Waals surface area contributed by atoms with Crippen LogP contribution in [-0.4, -0.2) is 9.97 Å². The third-order valence-electron chi connectivity index (χ3n) is 3.87. The quantitative estimate of drug-likeness (QED) is 0.876. The molecule has 2 N–H and O–H groups in total. The van der Waals surface area contributed by atoms with E-state index in [0.29, 0.717) is 5.92 Å². The molecule has 0 bridgehead atoms. The van der Waals surface area contributed by atoms with Gasteiger partial charge in [0.05, 0.1) is 0 Å². The zero-order valence-electron chi connectivity index (χ0n) is 10.5. The Morgan fingerprint density at radius 2 is 2.22 bits per heavy atom. The van der Waals surface area contributed by atoms with Crippen LogP contribution in [0.2, 0.25) is 0 Å². The van der Waals surface area contributed by atoms with Crippen molar-refractivity contribution >= 4 is 0 Å². The molecule has 0 spiro atoms. The summed E-state index contributed by atoms with van der Waals surface area (Å²) in [6, 6.07) is 6.17. The average Bonchev–Trinajstić information content (AvgIpc) is 2.82. The lowest BCUT2D eigenvalue weighted by molar-refractivity contribution is 0.538. The molecular formula is C15H17N3. The minimum atomic E-state index is -0.00477. The van der Waals surface area contributed by atoms with Crippen molar-refractivity contribution in [3.63, 3.8) is 0 Å². The number of nitrogens with zero attached hydrogens (tertiary/aromatic N) is 2. The topological polar surface area (TPSA) is 51.8 Å². The Balaban J connectivity index is 1.96. The molecule has 2 atom stereocenters. The first-order valence-corrected chi connectivity index (χ1v) is 6.37. The van der Waals surface area contributed by atoms with Crippen LogP contribution in [0.3, 0.4) is 0 Å². The Kier molecular flexibility index (Phi) is 2.84. The van der Waals surface area contributed by atoms with Gasteiger partial charge in [0.1, 0.15) is 0 Å². The van der Waals surface area contributed by atoms with Crippen molar-refractivity contribution in [3.05, 3.63) is 59.2 Å². The van der Waals surface area contributed by atoms with Gasteiger partial charge >= 0.3 is 0 Å². The second-order valence-electron chi connectivity index (χ2n) is 4.95. The molecule has 2 aromatic heterocycles. The van der Waals surface area contributed by atoms with E-state index in [2.05, 4.69) is 23.0 Å². The van der Waals surface area contributed by atoms with Crippen LogP contribution >= 0.6 is 0 Å². The largest absolute Gasteiger partial charge is 0.323 e. The maximum atomic E-state index is 6.44. The third-order valence-corrected chi connectivity index (χ3v) is 3.87. The third kappa shape index (κ3) is 1.81. The van der Waals surface area contributed by atoms with Crippen LogP contribution in [0.5, 0.6) is 0 Å². The fourth-order valence-electron chi connectivity index (χ4n) is 2.84. The smallest absolute Gasteiger partial charge is 0.0485 e. The lowest BCUT2D eigenvalue weighted by Gasteiger charge is -2.21. The van der Waals surface area contributed by atoms with Crippen molar-refractivity contribution in [2.24, 2.45) is 5.73 Å². The van der Waals surface area contributed by atoms with Gasteiger partial charge in [0, 0.05) is 36.2 Å². The van der Waals surface area contributed by atoms with Gasteiger partial charge in [0.25, 0.3) is 0 Å². The number of hydrogen-bond donors (Lipinski definition) is 1. The molecule has 0 aromatic carbocycles. The maximum Gasteiger partial charge on any atom is 0.0485 e. The molecule has 0 fully saturated rings. The lowest BCUT2D eigenvalue weighted by Crippen LogP contribution is -2.20. The summed E-state index contributed by atoms with van der Waals surface area (Å²) in [5.74, 6) is 0.323. The summed E-state index contributed by atoms with van der Waals surface area (Å²) in [5.41, 5.74) is 11.3. The number of aromatic nitrogens is 2. The molecule has 3 rings (SSSR count). The molecular weight excluding hydrogens is 222 g/mol. The van der Waals surface area contributed by atoms with Crippen LogP contribution < -0.4 is 5.73 Å². The van der Waals surface area contributed by atoms with Gasteiger partial charge in [-0.2, -0.15) is 0 Å². The molecule has 3 heteroatoms. The molecule has 2 aromatic rings. The number of aryl methyl sites for hydroxylation is 2. The van der Waals surface area contributed by atoms with E-state index in [-0.39, 0.29) is 6.04 Å². The molecule has 1 aliphatic rings. The van der Waals surface area contributed by atoms with Gasteiger partial charge in [-0.1, -0.05) is 6.07 Å². The van der Waals surface area contributed by atoms with Gasteiger partial charge in [-0.25, -0.2) is 0 Å². The Hall–Kier alpha value is -1.74. The highest BCUT2D eigenvalue weighted by molar-refractivity contribution is 5.34. The van der Waals surface area contributed by atoms with E-state index in [1.807, 2.05) is 30.7 Å². The van der Waals surface area contributed by atoms with Gasteiger partial charge in [-0.3, -0.25) is 9.97 Å². The Labute approximate surface area is 107 Å². The number of rotatable bonds is 2. The Morgan fingerprint density at radius 1 is 1.33 bits per heavy atom. The highest BCUT2D eigenvalue weighted by Gasteiger charge is 2.30. The molecule has 2 unspecified atom stereocenters. The highest BCUT2D eigenvalue weighted by atomic mass is 14.8. The number of fused-ring (bicyclic) bond motifs is 1. The van der Waals surface area contributed by atoms with Crippen LogP contribution in [0.1, 0.15) is 40.8 Å². The van der Waals surface area contributed by atoms with Gasteiger partial charge in [0.2, 0.25) is 0 Å².